The first kappa shape index (κ1) is 42.0. The molecule has 0 atom stereocenters. The van der Waals surface area contributed by atoms with Crippen LogP contribution in [0.15, 0.2) is 90.8 Å². The lowest BCUT2D eigenvalue weighted by Gasteiger charge is -2.32. The summed E-state index contributed by atoms with van der Waals surface area (Å²) in [5, 5.41) is 0. The van der Waals surface area contributed by atoms with Crippen LogP contribution in [0.3, 0.4) is 0 Å². The fraction of sp³-hybridized carbons (Fsp3) is 0.314. The van der Waals surface area contributed by atoms with Crippen molar-refractivity contribution in [3.63, 3.8) is 0 Å². The number of esters is 4. The molecule has 0 amide bonds. The van der Waals surface area contributed by atoms with Gasteiger partial charge in [0.15, 0.2) is 13.2 Å². The first-order valence-corrected chi connectivity index (χ1v) is 17.5. The Labute approximate surface area is 319 Å². The largest absolute Gasteiger partial charge is 0.484 e. The van der Waals surface area contributed by atoms with E-state index in [1.807, 2.05) is 26.0 Å². The fourth-order valence-electron chi connectivity index (χ4n) is 3.85. The van der Waals surface area contributed by atoms with Gasteiger partial charge >= 0.3 is 23.9 Å². The van der Waals surface area contributed by atoms with Gasteiger partial charge in [-0.05, 0) is 83.8 Å². The average Bonchev–Trinajstić information content (AvgIpc) is 2.98. The monoisotopic (exact) mass is 932 g/mol. The molecule has 0 unspecified atom stereocenters. The average molecular weight is 936 g/mol. The van der Waals surface area contributed by atoms with Crippen LogP contribution in [0, 0.1) is 0 Å². The molecule has 0 radical (unpaired) electrons. The molecular weight excluding hydrogens is 900 g/mol. The second-order valence-corrected chi connectivity index (χ2v) is 14.9. The zero-order chi connectivity index (χ0) is 37.4. The summed E-state index contributed by atoms with van der Waals surface area (Å²) in [6.07, 6.45) is -2.86. The number of rotatable bonds is 16. The van der Waals surface area contributed by atoms with Gasteiger partial charge in [-0.1, -0.05) is 72.0 Å². The summed E-state index contributed by atoms with van der Waals surface area (Å²) in [4.78, 5) is 49.4. The molecule has 0 saturated carbocycles. The molecule has 0 bridgehead atoms. The van der Waals surface area contributed by atoms with Crippen LogP contribution < -0.4 is 9.47 Å². The Morgan fingerprint density at radius 1 is 0.571 bits per heavy atom. The van der Waals surface area contributed by atoms with E-state index in [2.05, 4.69) is 90.0 Å². The number of carbonyl (C=O) groups excluding carboxylic acids is 4. The van der Waals surface area contributed by atoms with E-state index >= 15 is 0 Å². The molecule has 2 aromatic rings. The number of hydrogen-bond acceptors (Lipinski definition) is 10. The third-order valence-corrected chi connectivity index (χ3v) is 8.53. The predicted octanol–water partition coefficient (Wildman–Crippen LogP) is 8.95. The third-order valence-electron chi connectivity index (χ3n) is 6.44. The van der Waals surface area contributed by atoms with E-state index in [9.17, 15) is 19.2 Å². The minimum Gasteiger partial charge on any atom is -0.484 e. The van der Waals surface area contributed by atoms with Gasteiger partial charge in [0.25, 0.3) is 12.6 Å². The number of benzene rings is 2. The van der Waals surface area contributed by atoms with Crippen molar-refractivity contribution >= 4 is 87.6 Å². The second-order valence-electron chi connectivity index (χ2n) is 11.4. The van der Waals surface area contributed by atoms with Crippen LogP contribution in [-0.4, -0.2) is 49.7 Å². The molecule has 0 aliphatic rings. The maximum absolute atomic E-state index is 12.3. The van der Waals surface area contributed by atoms with Crippen molar-refractivity contribution in [3.05, 3.63) is 102 Å². The van der Waals surface area contributed by atoms with Gasteiger partial charge in [0.2, 0.25) is 0 Å². The molecule has 0 heterocycles. The van der Waals surface area contributed by atoms with Crippen molar-refractivity contribution < 1.29 is 47.6 Å². The molecule has 0 spiro atoms. The highest BCUT2D eigenvalue weighted by Gasteiger charge is 2.34. The molecule has 0 aliphatic heterocycles. The van der Waals surface area contributed by atoms with E-state index in [4.69, 9.17) is 28.4 Å². The molecule has 0 aromatic heterocycles. The Bertz CT molecular complexity index is 1520. The van der Waals surface area contributed by atoms with Crippen LogP contribution in [0.4, 0.5) is 0 Å². The van der Waals surface area contributed by atoms with Crippen molar-refractivity contribution in [1.29, 1.82) is 0 Å². The summed E-state index contributed by atoms with van der Waals surface area (Å²) >= 11 is 14.2. The van der Waals surface area contributed by atoms with Crippen LogP contribution in [0.1, 0.15) is 52.7 Å². The SMILES string of the molecule is C=C(C)C(=O)OC(COc1c(Br)cc(Br)cc1C(C)(C)c1cc(Br)cc(Br)c1OCC(OC(=O)C(=C)C)OC(=O)C(=C)C)OC(=O)C(=C)C. The minimum atomic E-state index is -1.43. The molecule has 2 aromatic carbocycles. The Balaban J connectivity index is 2.60. The van der Waals surface area contributed by atoms with Crippen LogP contribution >= 0.6 is 63.7 Å². The van der Waals surface area contributed by atoms with E-state index in [1.54, 1.807) is 12.1 Å². The first-order valence-electron chi connectivity index (χ1n) is 14.4. The van der Waals surface area contributed by atoms with E-state index in [-0.39, 0.29) is 35.5 Å². The highest BCUT2D eigenvalue weighted by molar-refractivity contribution is 9.11. The predicted molar refractivity (Wildman–Crippen MR) is 198 cm³/mol. The fourth-order valence-corrected chi connectivity index (χ4v) is 6.53. The molecule has 0 saturated heterocycles. The quantitative estimate of drug-likeness (QED) is 0.0916. The topological polar surface area (TPSA) is 124 Å². The lowest BCUT2D eigenvalue weighted by Crippen LogP contribution is -2.32. The van der Waals surface area contributed by atoms with Crippen LogP contribution in [-0.2, 0) is 43.5 Å². The summed E-state index contributed by atoms with van der Waals surface area (Å²) in [6.45, 7) is 23.2. The normalized spacial score (nSPS) is 11.0. The highest BCUT2D eigenvalue weighted by atomic mass is 79.9. The molecule has 2 rings (SSSR count). The lowest BCUT2D eigenvalue weighted by atomic mass is 9.77. The zero-order valence-electron chi connectivity index (χ0n) is 27.8. The van der Waals surface area contributed by atoms with E-state index in [1.165, 1.54) is 27.7 Å². The molecule has 49 heavy (non-hydrogen) atoms. The van der Waals surface area contributed by atoms with Crippen LogP contribution in [0.2, 0.25) is 0 Å². The second kappa shape index (κ2) is 18.2. The maximum atomic E-state index is 12.3. The Morgan fingerprint density at radius 2 is 0.837 bits per heavy atom. The minimum absolute atomic E-state index is 0.0989. The molecule has 0 fully saturated rings. The Morgan fingerprint density at radius 3 is 1.08 bits per heavy atom. The Kier molecular flexibility index (Phi) is 15.6. The van der Waals surface area contributed by atoms with Crippen LogP contribution in [0.25, 0.3) is 0 Å². The zero-order valence-corrected chi connectivity index (χ0v) is 34.1. The molecular formula is C35H36Br4O10. The van der Waals surface area contributed by atoms with Gasteiger partial charge in [-0.25, -0.2) is 19.2 Å². The number of ether oxygens (including phenoxy) is 6. The first-order chi connectivity index (χ1) is 22.6. The summed E-state index contributed by atoms with van der Waals surface area (Å²) in [6, 6.07) is 7.18. The lowest BCUT2D eigenvalue weighted by molar-refractivity contribution is -0.188. The number of hydrogen-bond donors (Lipinski definition) is 0. The third kappa shape index (κ3) is 12.0. The summed E-state index contributed by atoms with van der Waals surface area (Å²) in [5.41, 5.74) is 0.726. The standard InChI is InChI=1S/C35H36Br4O10/c1-17(2)31(40)46-27(47-32(41)18(3)4)15-44-29-23(11-21(36)13-25(29)38)35(9,10)24-12-22(37)14-26(39)30(24)45-16-28(48-33(42)19(5)6)49-34(43)20(7)8/h11-14,27-28H,1,3,5,7,15-16H2,2,4,6,8-10H3. The van der Waals surface area contributed by atoms with Gasteiger partial charge in [0.1, 0.15) is 11.5 Å². The van der Waals surface area contributed by atoms with Gasteiger partial charge in [-0.2, -0.15) is 0 Å². The number of carbonyl (C=O) groups is 4. The summed E-state index contributed by atoms with van der Waals surface area (Å²) < 4.78 is 36.2. The number of halogens is 4. The van der Waals surface area contributed by atoms with Gasteiger partial charge in [-0.3, -0.25) is 0 Å². The van der Waals surface area contributed by atoms with Gasteiger partial charge in [0.05, 0.1) is 8.95 Å². The van der Waals surface area contributed by atoms with Gasteiger partial charge in [0, 0.05) is 47.8 Å². The van der Waals surface area contributed by atoms with Gasteiger partial charge in [-0.15, -0.1) is 0 Å². The van der Waals surface area contributed by atoms with Crippen LogP contribution in [0.5, 0.6) is 11.5 Å². The van der Waals surface area contributed by atoms with E-state index < -0.39 is 41.9 Å². The highest BCUT2D eigenvalue weighted by Crippen LogP contribution is 2.48. The molecule has 14 heteroatoms. The Hall–Kier alpha value is -3.20. The van der Waals surface area contributed by atoms with Crippen molar-refractivity contribution in [2.24, 2.45) is 0 Å². The smallest absolute Gasteiger partial charge is 0.336 e. The van der Waals surface area contributed by atoms with Crippen molar-refractivity contribution in [2.45, 2.75) is 59.5 Å². The molecule has 264 valence electrons. The summed E-state index contributed by atoms with van der Waals surface area (Å²) in [7, 11) is 0. The van der Waals surface area contributed by atoms with E-state index in [0.717, 1.165) is 0 Å². The molecule has 0 aliphatic carbocycles. The van der Waals surface area contributed by atoms with Crippen molar-refractivity contribution in [1.82, 2.24) is 0 Å². The maximum Gasteiger partial charge on any atom is 0.336 e. The van der Waals surface area contributed by atoms with Gasteiger partial charge < -0.3 is 28.4 Å². The van der Waals surface area contributed by atoms with E-state index in [0.29, 0.717) is 40.5 Å². The molecule has 10 nitrogen and oxygen atoms in total. The summed E-state index contributed by atoms with van der Waals surface area (Å²) in [5.74, 6) is -2.44. The molecule has 0 N–H and O–H groups in total. The van der Waals surface area contributed by atoms with Crippen molar-refractivity contribution in [3.8, 4) is 11.5 Å². The van der Waals surface area contributed by atoms with Crippen molar-refractivity contribution in [2.75, 3.05) is 13.2 Å².